The van der Waals surface area contributed by atoms with Crippen molar-refractivity contribution in [1.29, 1.82) is 0 Å². The Morgan fingerprint density at radius 1 is 1.26 bits per heavy atom. The van der Waals surface area contributed by atoms with Gasteiger partial charge >= 0.3 is 0 Å². The van der Waals surface area contributed by atoms with Crippen LogP contribution in [-0.4, -0.2) is 29.9 Å². The largest absolute Gasteiger partial charge is 0.380 e. The highest BCUT2D eigenvalue weighted by molar-refractivity contribution is 5.08. The van der Waals surface area contributed by atoms with Crippen molar-refractivity contribution in [2.45, 2.75) is 50.2 Å². The van der Waals surface area contributed by atoms with E-state index in [9.17, 15) is 0 Å². The van der Waals surface area contributed by atoms with E-state index in [2.05, 4.69) is 15.5 Å². The molecule has 3 aliphatic rings. The molecular weight excluding hydrogens is 242 g/mol. The van der Waals surface area contributed by atoms with Crippen LogP contribution < -0.4 is 5.32 Å². The van der Waals surface area contributed by atoms with Gasteiger partial charge in [-0.2, -0.15) is 4.98 Å². The molecule has 3 fully saturated rings. The lowest BCUT2D eigenvalue weighted by Gasteiger charge is -2.17. The zero-order valence-corrected chi connectivity index (χ0v) is 11.3. The number of methoxy groups -OCH3 is 1. The predicted octanol–water partition coefficient (Wildman–Crippen LogP) is 2.02. The molecule has 1 N–H and O–H groups in total. The average Bonchev–Trinajstić information content (AvgIpc) is 3.19. The highest BCUT2D eigenvalue weighted by Gasteiger charge is 2.42. The Hall–Kier alpha value is -0.940. The lowest BCUT2D eigenvalue weighted by Crippen LogP contribution is -2.16. The van der Waals surface area contributed by atoms with Crippen molar-refractivity contribution in [3.63, 3.8) is 0 Å². The van der Waals surface area contributed by atoms with Gasteiger partial charge in [0.1, 0.15) is 0 Å². The van der Waals surface area contributed by atoms with Crippen molar-refractivity contribution >= 4 is 0 Å². The molecule has 2 aliphatic carbocycles. The van der Waals surface area contributed by atoms with Crippen LogP contribution in [0.5, 0.6) is 0 Å². The van der Waals surface area contributed by atoms with Crippen molar-refractivity contribution in [1.82, 2.24) is 15.5 Å². The molecule has 104 valence electrons. The van der Waals surface area contributed by atoms with Crippen LogP contribution in [0.15, 0.2) is 4.52 Å². The number of rotatable bonds is 3. The number of nitrogens with one attached hydrogen (secondary N) is 1. The summed E-state index contributed by atoms with van der Waals surface area (Å²) < 4.78 is 10.8. The Kier molecular flexibility index (Phi) is 2.84. The van der Waals surface area contributed by atoms with Crippen LogP contribution in [-0.2, 0) is 4.74 Å². The van der Waals surface area contributed by atoms with Crippen molar-refractivity contribution in [2.24, 2.45) is 11.8 Å². The summed E-state index contributed by atoms with van der Waals surface area (Å²) in [6, 6.07) is 0.171. The number of ether oxygens (including phenoxy) is 1. The third-order valence-corrected chi connectivity index (χ3v) is 5.25. The summed E-state index contributed by atoms with van der Waals surface area (Å²) in [5.74, 6) is 3.97. The minimum atomic E-state index is 0.171. The quantitative estimate of drug-likeness (QED) is 0.904. The molecule has 1 aliphatic heterocycles. The van der Waals surface area contributed by atoms with Gasteiger partial charge in [0.05, 0.1) is 12.1 Å². The summed E-state index contributed by atoms with van der Waals surface area (Å²) in [7, 11) is 1.75. The maximum Gasteiger partial charge on any atom is 0.243 e. The van der Waals surface area contributed by atoms with E-state index in [0.717, 1.165) is 36.5 Å². The number of nitrogens with zero attached hydrogens (tertiary/aromatic N) is 2. The van der Waals surface area contributed by atoms with E-state index in [1.807, 2.05) is 0 Å². The van der Waals surface area contributed by atoms with Crippen molar-refractivity contribution in [2.75, 3.05) is 13.7 Å². The molecule has 0 aromatic carbocycles. The molecule has 1 aromatic heterocycles. The molecule has 1 saturated heterocycles. The molecule has 5 nitrogen and oxygen atoms in total. The second kappa shape index (κ2) is 4.56. The fourth-order valence-electron chi connectivity index (χ4n) is 4.17. The maximum atomic E-state index is 5.48. The van der Waals surface area contributed by atoms with Crippen LogP contribution in [0.25, 0.3) is 0 Å². The van der Waals surface area contributed by atoms with E-state index in [4.69, 9.17) is 9.26 Å². The second-order valence-corrected chi connectivity index (χ2v) is 6.33. The maximum absolute atomic E-state index is 5.48. The summed E-state index contributed by atoms with van der Waals surface area (Å²) in [5.41, 5.74) is 0. The molecule has 1 aromatic rings. The Morgan fingerprint density at radius 2 is 2.21 bits per heavy atom. The van der Waals surface area contributed by atoms with Gasteiger partial charge in [-0.15, -0.1) is 0 Å². The minimum Gasteiger partial charge on any atom is -0.380 e. The van der Waals surface area contributed by atoms with Crippen LogP contribution in [0.1, 0.15) is 55.8 Å². The average molecular weight is 263 g/mol. The van der Waals surface area contributed by atoms with Gasteiger partial charge < -0.3 is 14.6 Å². The second-order valence-electron chi connectivity index (χ2n) is 6.33. The van der Waals surface area contributed by atoms with Crippen LogP contribution in [0.4, 0.5) is 0 Å². The third-order valence-electron chi connectivity index (χ3n) is 5.25. The monoisotopic (exact) mass is 263 g/mol. The number of aromatic nitrogens is 2. The molecule has 5 atom stereocenters. The fraction of sp³-hybridized carbons (Fsp3) is 0.857. The smallest absolute Gasteiger partial charge is 0.243 e. The molecule has 2 saturated carbocycles. The van der Waals surface area contributed by atoms with E-state index < -0.39 is 0 Å². The molecule has 0 amide bonds. The Bertz CT molecular complexity index is 461. The Morgan fingerprint density at radius 3 is 2.89 bits per heavy atom. The highest BCUT2D eigenvalue weighted by Crippen LogP contribution is 2.52. The van der Waals surface area contributed by atoms with E-state index >= 15 is 0 Å². The Labute approximate surface area is 113 Å². The predicted molar refractivity (Wildman–Crippen MR) is 68.6 cm³/mol. The first-order valence-electron chi connectivity index (χ1n) is 7.43. The van der Waals surface area contributed by atoms with E-state index in [1.54, 1.807) is 7.11 Å². The summed E-state index contributed by atoms with van der Waals surface area (Å²) in [5, 5.41) is 7.64. The van der Waals surface area contributed by atoms with Gasteiger partial charge in [0.25, 0.3) is 0 Å². The Balaban J connectivity index is 1.48. The zero-order valence-electron chi connectivity index (χ0n) is 11.3. The topological polar surface area (TPSA) is 60.2 Å². The van der Waals surface area contributed by atoms with Crippen LogP contribution in [0.3, 0.4) is 0 Å². The molecule has 2 heterocycles. The molecule has 4 rings (SSSR count). The molecule has 0 spiro atoms. The van der Waals surface area contributed by atoms with Gasteiger partial charge in [-0.3, -0.25) is 0 Å². The first kappa shape index (κ1) is 11.9. The van der Waals surface area contributed by atoms with E-state index in [-0.39, 0.29) is 12.1 Å². The van der Waals surface area contributed by atoms with Gasteiger partial charge in [0.15, 0.2) is 5.82 Å². The first-order valence-corrected chi connectivity index (χ1v) is 7.43. The third kappa shape index (κ3) is 1.99. The SMILES string of the molecule is CO[C@@H]1CN[C@@H](c2nc(C3CC4CCC3C4)no2)C1. The van der Waals surface area contributed by atoms with Crippen molar-refractivity contribution < 1.29 is 9.26 Å². The zero-order chi connectivity index (χ0) is 12.8. The van der Waals surface area contributed by atoms with E-state index in [1.165, 1.54) is 25.7 Å². The number of hydrogen-bond acceptors (Lipinski definition) is 5. The molecule has 5 heteroatoms. The molecule has 19 heavy (non-hydrogen) atoms. The highest BCUT2D eigenvalue weighted by atomic mass is 16.5. The van der Waals surface area contributed by atoms with Gasteiger partial charge in [0.2, 0.25) is 5.89 Å². The van der Waals surface area contributed by atoms with Crippen LogP contribution >= 0.6 is 0 Å². The van der Waals surface area contributed by atoms with Crippen LogP contribution in [0.2, 0.25) is 0 Å². The summed E-state index contributed by atoms with van der Waals surface area (Å²) in [4.78, 5) is 4.67. The van der Waals surface area contributed by atoms with Gasteiger partial charge in [0, 0.05) is 19.6 Å². The summed E-state index contributed by atoms with van der Waals surface area (Å²) in [6.45, 7) is 0.868. The summed E-state index contributed by atoms with van der Waals surface area (Å²) >= 11 is 0. The van der Waals surface area contributed by atoms with Crippen LogP contribution in [0, 0.1) is 11.8 Å². The molecular formula is C14H21N3O2. The molecule has 3 unspecified atom stereocenters. The lowest BCUT2D eigenvalue weighted by atomic mass is 9.88. The van der Waals surface area contributed by atoms with Gasteiger partial charge in [-0.25, -0.2) is 0 Å². The molecule has 0 radical (unpaired) electrons. The number of hydrogen-bond donors (Lipinski definition) is 1. The van der Waals surface area contributed by atoms with Gasteiger partial charge in [-0.1, -0.05) is 11.6 Å². The van der Waals surface area contributed by atoms with E-state index in [0.29, 0.717) is 5.92 Å². The molecule has 2 bridgehead atoms. The summed E-state index contributed by atoms with van der Waals surface area (Å²) in [6.07, 6.45) is 6.60. The minimum absolute atomic E-state index is 0.171. The first-order chi connectivity index (χ1) is 9.33. The standard InChI is InChI=1S/C14H21N3O2/c1-18-10-6-12(15-7-10)14-16-13(17-19-14)11-5-8-2-3-9(11)4-8/h8-12,15H,2-7H2,1H3/t8?,9?,10-,11?,12+/m0/s1. The normalized spacial score (nSPS) is 41.2. The fourth-order valence-corrected chi connectivity index (χ4v) is 4.17. The number of fused-ring (bicyclic) bond motifs is 2. The van der Waals surface area contributed by atoms with Gasteiger partial charge in [-0.05, 0) is 37.5 Å². The van der Waals surface area contributed by atoms with Crippen molar-refractivity contribution in [3.05, 3.63) is 11.7 Å². The van der Waals surface area contributed by atoms with Crippen molar-refractivity contribution in [3.8, 4) is 0 Å². The lowest BCUT2D eigenvalue weighted by molar-refractivity contribution is 0.116.